The van der Waals surface area contributed by atoms with Crippen molar-refractivity contribution in [3.63, 3.8) is 0 Å². The van der Waals surface area contributed by atoms with Crippen LogP contribution in [0, 0.1) is 0 Å². The van der Waals surface area contributed by atoms with Gasteiger partial charge in [-0.15, -0.1) is 8.78 Å². The number of halogens is 2. The quantitative estimate of drug-likeness (QED) is 0.772. The standard InChI is InChI=1S/C9H10F2N2O2/c10-9(11)14-7-2-1-5(6(13)4-12)3-8(7)15-9/h1-3,6H,4,12-13H2/t6-/m1/s1. The highest BCUT2D eigenvalue weighted by atomic mass is 19.3. The third kappa shape index (κ3) is 1.86. The zero-order valence-electron chi connectivity index (χ0n) is 7.74. The maximum Gasteiger partial charge on any atom is 0.586 e. The first kappa shape index (κ1) is 10.1. The molecule has 1 heterocycles. The number of nitrogens with two attached hydrogens (primary N) is 2. The summed E-state index contributed by atoms with van der Waals surface area (Å²) in [6.45, 7) is 0.232. The van der Waals surface area contributed by atoms with Gasteiger partial charge in [0.25, 0.3) is 0 Å². The van der Waals surface area contributed by atoms with Crippen molar-refractivity contribution in [2.45, 2.75) is 12.3 Å². The molecule has 0 bridgehead atoms. The summed E-state index contributed by atoms with van der Waals surface area (Å²) in [5.41, 5.74) is 11.6. The van der Waals surface area contributed by atoms with E-state index in [2.05, 4.69) is 9.47 Å². The monoisotopic (exact) mass is 216 g/mol. The summed E-state index contributed by atoms with van der Waals surface area (Å²) < 4.78 is 33.8. The second-order valence-corrected chi connectivity index (χ2v) is 3.22. The highest BCUT2D eigenvalue weighted by molar-refractivity contribution is 5.45. The van der Waals surface area contributed by atoms with E-state index in [1.54, 1.807) is 6.07 Å². The van der Waals surface area contributed by atoms with E-state index in [-0.39, 0.29) is 18.0 Å². The van der Waals surface area contributed by atoms with Crippen LogP contribution < -0.4 is 20.9 Å². The maximum absolute atomic E-state index is 12.7. The lowest BCUT2D eigenvalue weighted by Gasteiger charge is -2.08. The third-order valence-electron chi connectivity index (χ3n) is 2.11. The van der Waals surface area contributed by atoms with E-state index in [0.29, 0.717) is 5.56 Å². The van der Waals surface area contributed by atoms with Gasteiger partial charge in [0, 0.05) is 12.6 Å². The van der Waals surface area contributed by atoms with E-state index in [9.17, 15) is 8.78 Å². The van der Waals surface area contributed by atoms with Gasteiger partial charge in [-0.25, -0.2) is 0 Å². The third-order valence-corrected chi connectivity index (χ3v) is 2.11. The molecule has 1 atom stereocenters. The predicted molar refractivity (Wildman–Crippen MR) is 48.6 cm³/mol. The molecule has 0 saturated heterocycles. The minimum absolute atomic E-state index is 0.00738. The van der Waals surface area contributed by atoms with Crippen molar-refractivity contribution >= 4 is 0 Å². The number of ether oxygens (including phenoxy) is 2. The number of hydrogen-bond acceptors (Lipinski definition) is 4. The van der Waals surface area contributed by atoms with Crippen molar-refractivity contribution in [3.05, 3.63) is 23.8 Å². The Morgan fingerprint density at radius 1 is 1.27 bits per heavy atom. The van der Waals surface area contributed by atoms with Crippen molar-refractivity contribution < 1.29 is 18.3 Å². The van der Waals surface area contributed by atoms with Crippen molar-refractivity contribution in [2.24, 2.45) is 11.5 Å². The van der Waals surface area contributed by atoms with Gasteiger partial charge in [0.1, 0.15) is 0 Å². The van der Waals surface area contributed by atoms with Gasteiger partial charge in [-0.1, -0.05) is 6.07 Å². The minimum atomic E-state index is -3.59. The van der Waals surface area contributed by atoms with E-state index >= 15 is 0 Å². The zero-order valence-corrected chi connectivity index (χ0v) is 7.74. The van der Waals surface area contributed by atoms with E-state index in [4.69, 9.17) is 11.5 Å². The first-order valence-corrected chi connectivity index (χ1v) is 4.37. The van der Waals surface area contributed by atoms with Gasteiger partial charge in [-0.3, -0.25) is 0 Å². The molecule has 82 valence electrons. The number of hydrogen-bond donors (Lipinski definition) is 2. The Labute approximate surface area is 84.8 Å². The van der Waals surface area contributed by atoms with Crippen LogP contribution in [0.5, 0.6) is 11.5 Å². The van der Waals surface area contributed by atoms with E-state index < -0.39 is 12.3 Å². The predicted octanol–water partition coefficient (Wildman–Crippen LogP) is 0.967. The van der Waals surface area contributed by atoms with Gasteiger partial charge >= 0.3 is 6.29 Å². The molecule has 1 aliphatic rings. The Hall–Kier alpha value is -1.40. The van der Waals surface area contributed by atoms with Gasteiger partial charge in [-0.05, 0) is 17.7 Å². The lowest BCUT2D eigenvalue weighted by molar-refractivity contribution is -0.286. The Kier molecular flexibility index (Phi) is 2.24. The molecule has 2 rings (SSSR count). The average Bonchev–Trinajstić information content (AvgIpc) is 2.49. The molecule has 0 amide bonds. The number of rotatable bonds is 2. The van der Waals surface area contributed by atoms with Crippen molar-refractivity contribution in [1.29, 1.82) is 0 Å². The van der Waals surface area contributed by atoms with Crippen LogP contribution in [0.1, 0.15) is 11.6 Å². The van der Waals surface area contributed by atoms with Crippen LogP contribution in [-0.4, -0.2) is 12.8 Å². The molecule has 0 fully saturated rings. The van der Waals surface area contributed by atoms with Crippen molar-refractivity contribution in [2.75, 3.05) is 6.54 Å². The molecule has 0 aliphatic carbocycles. The summed E-state index contributed by atoms with van der Waals surface area (Å²) in [5, 5.41) is 0. The lowest BCUT2D eigenvalue weighted by Crippen LogP contribution is -2.26. The van der Waals surface area contributed by atoms with E-state index in [0.717, 1.165) is 0 Å². The summed E-state index contributed by atoms with van der Waals surface area (Å²) in [6, 6.07) is 3.99. The topological polar surface area (TPSA) is 70.5 Å². The summed E-state index contributed by atoms with van der Waals surface area (Å²) in [6.07, 6.45) is -3.59. The molecule has 0 saturated carbocycles. The second kappa shape index (κ2) is 3.32. The highest BCUT2D eigenvalue weighted by Crippen LogP contribution is 2.41. The minimum Gasteiger partial charge on any atom is -0.395 e. The molecule has 1 aromatic carbocycles. The normalized spacial score (nSPS) is 18.9. The van der Waals surface area contributed by atoms with Crippen LogP contribution in [0.15, 0.2) is 18.2 Å². The van der Waals surface area contributed by atoms with Crippen LogP contribution in [0.25, 0.3) is 0 Å². The first-order chi connectivity index (χ1) is 7.02. The molecule has 0 spiro atoms. The molecule has 0 radical (unpaired) electrons. The van der Waals surface area contributed by atoms with E-state index in [1.807, 2.05) is 0 Å². The molecule has 0 unspecified atom stereocenters. The van der Waals surface area contributed by atoms with Crippen LogP contribution in [0.4, 0.5) is 8.78 Å². The Bertz CT molecular complexity index is 384. The lowest BCUT2D eigenvalue weighted by atomic mass is 10.1. The summed E-state index contributed by atoms with van der Waals surface area (Å²) >= 11 is 0. The molecular weight excluding hydrogens is 206 g/mol. The van der Waals surface area contributed by atoms with Crippen molar-refractivity contribution in [3.8, 4) is 11.5 Å². The summed E-state index contributed by atoms with van der Waals surface area (Å²) in [7, 11) is 0. The fraction of sp³-hybridized carbons (Fsp3) is 0.333. The Balaban J connectivity index is 2.30. The van der Waals surface area contributed by atoms with Crippen LogP contribution in [0.3, 0.4) is 0 Å². The molecule has 15 heavy (non-hydrogen) atoms. The summed E-state index contributed by atoms with van der Waals surface area (Å²) in [4.78, 5) is 0. The van der Waals surface area contributed by atoms with Gasteiger partial charge in [0.15, 0.2) is 11.5 Å². The van der Waals surface area contributed by atoms with Crippen LogP contribution >= 0.6 is 0 Å². The molecule has 4 nitrogen and oxygen atoms in total. The molecule has 4 N–H and O–H groups in total. The fourth-order valence-corrected chi connectivity index (χ4v) is 1.33. The van der Waals surface area contributed by atoms with Gasteiger partial charge < -0.3 is 20.9 Å². The summed E-state index contributed by atoms with van der Waals surface area (Å²) in [5.74, 6) is -0.00521. The second-order valence-electron chi connectivity index (χ2n) is 3.22. The van der Waals surface area contributed by atoms with Gasteiger partial charge in [0.05, 0.1) is 0 Å². The molecular formula is C9H10F2N2O2. The highest BCUT2D eigenvalue weighted by Gasteiger charge is 2.43. The number of benzene rings is 1. The molecule has 1 aliphatic heterocycles. The SMILES string of the molecule is NC[C@@H](N)c1ccc2c(c1)OC(F)(F)O2. The average molecular weight is 216 g/mol. The first-order valence-electron chi connectivity index (χ1n) is 4.37. The molecule has 1 aromatic rings. The maximum atomic E-state index is 12.7. The van der Waals surface area contributed by atoms with Gasteiger partial charge in [-0.2, -0.15) is 0 Å². The van der Waals surface area contributed by atoms with Crippen LogP contribution in [0.2, 0.25) is 0 Å². The Morgan fingerprint density at radius 2 is 1.93 bits per heavy atom. The largest absolute Gasteiger partial charge is 0.586 e. The Morgan fingerprint density at radius 3 is 2.60 bits per heavy atom. The van der Waals surface area contributed by atoms with Crippen LogP contribution in [-0.2, 0) is 0 Å². The van der Waals surface area contributed by atoms with Gasteiger partial charge in [0.2, 0.25) is 0 Å². The molecule has 0 aromatic heterocycles. The zero-order chi connectivity index (χ0) is 11.1. The molecule has 6 heteroatoms. The fourth-order valence-electron chi connectivity index (χ4n) is 1.33. The number of alkyl halides is 2. The van der Waals surface area contributed by atoms with E-state index in [1.165, 1.54) is 12.1 Å². The number of fused-ring (bicyclic) bond motifs is 1. The smallest absolute Gasteiger partial charge is 0.395 e. The van der Waals surface area contributed by atoms with Crippen molar-refractivity contribution in [1.82, 2.24) is 0 Å².